The van der Waals surface area contributed by atoms with E-state index in [-0.39, 0.29) is 11.8 Å². The molecule has 8 heteroatoms. The van der Waals surface area contributed by atoms with Gasteiger partial charge in [-0.1, -0.05) is 6.07 Å². The lowest BCUT2D eigenvalue weighted by atomic mass is 10.0. The first-order valence-electron chi connectivity index (χ1n) is 9.84. The molecule has 1 atom stereocenters. The van der Waals surface area contributed by atoms with Crippen molar-refractivity contribution in [3.8, 4) is 17.0 Å². The molecule has 1 N–H and O–H groups in total. The first kappa shape index (κ1) is 20.6. The topological polar surface area (TPSA) is 71.5 Å². The van der Waals surface area contributed by atoms with Gasteiger partial charge in [0.1, 0.15) is 11.8 Å². The van der Waals surface area contributed by atoms with E-state index in [9.17, 15) is 9.59 Å². The predicted molar refractivity (Wildman–Crippen MR) is 120 cm³/mol. The van der Waals surface area contributed by atoms with Gasteiger partial charge in [-0.25, -0.2) is 4.98 Å². The van der Waals surface area contributed by atoms with Crippen molar-refractivity contribution >= 4 is 39.6 Å². The van der Waals surface area contributed by atoms with E-state index in [4.69, 9.17) is 4.74 Å². The number of piperidine rings is 1. The second kappa shape index (κ2) is 8.97. The summed E-state index contributed by atoms with van der Waals surface area (Å²) in [6.07, 6.45) is 2.51. The smallest absolute Gasteiger partial charge is 0.264 e. The molecule has 1 saturated heterocycles. The number of aryl methyl sites for hydroxylation is 1. The number of methoxy groups -OCH3 is 1. The predicted octanol–water partition coefficient (Wildman–Crippen LogP) is 4.82. The second-order valence-corrected chi connectivity index (χ2v) is 9.28. The quantitative estimate of drug-likeness (QED) is 0.616. The van der Waals surface area contributed by atoms with E-state index < -0.39 is 6.04 Å². The highest BCUT2D eigenvalue weighted by Gasteiger charge is 2.33. The number of thiophene rings is 1. The number of carbonyl (C=O) groups excluding carboxylic acids is 2. The van der Waals surface area contributed by atoms with Crippen LogP contribution in [-0.2, 0) is 4.79 Å². The molecule has 1 aliphatic heterocycles. The Labute approximate surface area is 183 Å². The number of rotatable bonds is 5. The highest BCUT2D eigenvalue weighted by Crippen LogP contribution is 2.32. The van der Waals surface area contributed by atoms with Crippen molar-refractivity contribution < 1.29 is 14.3 Å². The summed E-state index contributed by atoms with van der Waals surface area (Å²) < 4.78 is 5.21. The molecule has 3 heterocycles. The van der Waals surface area contributed by atoms with Gasteiger partial charge in [0.25, 0.3) is 5.91 Å². The van der Waals surface area contributed by atoms with E-state index in [0.717, 1.165) is 34.7 Å². The Balaban J connectivity index is 1.50. The number of aromatic nitrogens is 1. The molecule has 0 unspecified atom stereocenters. The van der Waals surface area contributed by atoms with E-state index in [1.165, 1.54) is 22.7 Å². The van der Waals surface area contributed by atoms with Crippen LogP contribution in [0.2, 0.25) is 0 Å². The number of hydrogen-bond acceptors (Lipinski definition) is 6. The van der Waals surface area contributed by atoms with E-state index in [1.54, 1.807) is 12.0 Å². The molecule has 4 rings (SSSR count). The molecule has 30 heavy (non-hydrogen) atoms. The number of carbonyl (C=O) groups is 2. The largest absolute Gasteiger partial charge is 0.497 e. The number of benzene rings is 1. The van der Waals surface area contributed by atoms with Gasteiger partial charge < -0.3 is 15.0 Å². The highest BCUT2D eigenvalue weighted by atomic mass is 32.1. The average Bonchev–Trinajstić information content (AvgIpc) is 3.43. The number of nitrogens with zero attached hydrogens (tertiary/aromatic N) is 2. The molecule has 1 fully saturated rings. The van der Waals surface area contributed by atoms with Crippen molar-refractivity contribution in [2.75, 3.05) is 19.0 Å². The molecule has 0 aliphatic carbocycles. The molecule has 156 valence electrons. The first-order valence-corrected chi connectivity index (χ1v) is 11.5. The van der Waals surface area contributed by atoms with Gasteiger partial charge in [-0.05, 0) is 61.9 Å². The van der Waals surface area contributed by atoms with Gasteiger partial charge in [0.2, 0.25) is 5.91 Å². The molecule has 1 aromatic carbocycles. The Morgan fingerprint density at radius 3 is 2.70 bits per heavy atom. The minimum atomic E-state index is -0.470. The maximum Gasteiger partial charge on any atom is 0.264 e. The van der Waals surface area contributed by atoms with Crippen LogP contribution in [0.5, 0.6) is 5.75 Å². The molecule has 0 bridgehead atoms. The van der Waals surface area contributed by atoms with Crippen LogP contribution < -0.4 is 10.1 Å². The third-order valence-electron chi connectivity index (χ3n) is 5.19. The fourth-order valence-corrected chi connectivity index (χ4v) is 5.16. The van der Waals surface area contributed by atoms with Crippen LogP contribution in [0.25, 0.3) is 11.3 Å². The summed E-state index contributed by atoms with van der Waals surface area (Å²) in [6.45, 7) is 2.59. The Morgan fingerprint density at radius 2 is 2.00 bits per heavy atom. The molecule has 0 radical (unpaired) electrons. The Morgan fingerprint density at radius 1 is 1.20 bits per heavy atom. The van der Waals surface area contributed by atoms with Gasteiger partial charge >= 0.3 is 0 Å². The summed E-state index contributed by atoms with van der Waals surface area (Å²) in [5, 5.41) is 5.38. The minimum Gasteiger partial charge on any atom is -0.497 e. The van der Waals surface area contributed by atoms with Crippen molar-refractivity contribution in [1.29, 1.82) is 0 Å². The fraction of sp³-hybridized carbons (Fsp3) is 0.318. The molecule has 0 spiro atoms. The summed E-state index contributed by atoms with van der Waals surface area (Å²) in [7, 11) is 1.63. The first-order chi connectivity index (χ1) is 14.6. The zero-order valence-electron chi connectivity index (χ0n) is 16.9. The average molecular weight is 442 g/mol. The Hall–Kier alpha value is -2.71. The molecule has 1 aliphatic rings. The molecular weight excluding hydrogens is 418 g/mol. The van der Waals surface area contributed by atoms with Crippen molar-refractivity contribution in [2.45, 2.75) is 32.2 Å². The lowest BCUT2D eigenvalue weighted by Gasteiger charge is -2.34. The normalized spacial score (nSPS) is 16.3. The van der Waals surface area contributed by atoms with Crippen LogP contribution in [0, 0.1) is 6.92 Å². The minimum absolute atomic E-state index is 0.0703. The molecule has 0 saturated carbocycles. The SMILES string of the molecule is COc1ccc(-c2nc(NC(=O)[C@H]3CCCCN3C(=O)c3cccs3)sc2C)cc1. The Bertz CT molecular complexity index is 1030. The number of nitrogens with one attached hydrogen (secondary N) is 1. The van der Waals surface area contributed by atoms with Crippen LogP contribution in [0.4, 0.5) is 5.13 Å². The van der Waals surface area contributed by atoms with Crippen LogP contribution in [0.3, 0.4) is 0 Å². The molecular formula is C22H23N3O3S2. The van der Waals surface area contributed by atoms with Crippen molar-refractivity contribution in [1.82, 2.24) is 9.88 Å². The number of thiazole rings is 1. The summed E-state index contributed by atoms with van der Waals surface area (Å²) in [5.41, 5.74) is 1.81. The summed E-state index contributed by atoms with van der Waals surface area (Å²) >= 11 is 2.85. The lowest BCUT2D eigenvalue weighted by molar-refractivity contribution is -0.121. The van der Waals surface area contributed by atoms with Crippen LogP contribution >= 0.6 is 22.7 Å². The van der Waals surface area contributed by atoms with E-state index in [2.05, 4.69) is 10.3 Å². The number of anilines is 1. The third-order valence-corrected chi connectivity index (χ3v) is 6.93. The molecule has 2 amide bonds. The summed E-state index contributed by atoms with van der Waals surface area (Å²) in [4.78, 5) is 33.9. The third kappa shape index (κ3) is 4.24. The van der Waals surface area contributed by atoms with Crippen LogP contribution in [-0.4, -0.2) is 41.4 Å². The molecule has 2 aromatic heterocycles. The number of ether oxygens (including phenoxy) is 1. The number of likely N-dealkylation sites (tertiary alicyclic amines) is 1. The van der Waals surface area contributed by atoms with E-state index >= 15 is 0 Å². The van der Waals surface area contributed by atoms with Gasteiger partial charge in [-0.3, -0.25) is 9.59 Å². The van der Waals surface area contributed by atoms with Crippen molar-refractivity contribution in [3.63, 3.8) is 0 Å². The maximum absolute atomic E-state index is 13.0. The van der Waals surface area contributed by atoms with Crippen LogP contribution in [0.15, 0.2) is 41.8 Å². The zero-order chi connectivity index (χ0) is 21.1. The summed E-state index contributed by atoms with van der Waals surface area (Å²) in [5.74, 6) is 0.543. The van der Waals surface area contributed by atoms with Gasteiger partial charge in [0.05, 0.1) is 17.7 Å². The van der Waals surface area contributed by atoms with Crippen LogP contribution in [0.1, 0.15) is 33.8 Å². The lowest BCUT2D eigenvalue weighted by Crippen LogP contribution is -2.49. The van der Waals surface area contributed by atoms with Gasteiger partial charge in [0, 0.05) is 17.0 Å². The number of amides is 2. The molecule has 6 nitrogen and oxygen atoms in total. The second-order valence-electron chi connectivity index (χ2n) is 7.13. The standard InChI is InChI=1S/C22H23N3O3S2/c1-14-19(15-8-10-16(28-2)11-9-15)23-22(30-14)24-20(26)17-6-3-4-12-25(17)21(27)18-7-5-13-29-18/h5,7-11,13,17H,3-4,6,12H2,1-2H3,(H,23,24,26)/t17-/m1/s1. The highest BCUT2D eigenvalue weighted by molar-refractivity contribution is 7.16. The van der Waals surface area contributed by atoms with Crippen molar-refractivity contribution in [2.24, 2.45) is 0 Å². The van der Waals surface area contributed by atoms with E-state index in [0.29, 0.717) is 23.0 Å². The van der Waals surface area contributed by atoms with E-state index in [1.807, 2.05) is 48.7 Å². The zero-order valence-corrected chi connectivity index (χ0v) is 18.5. The van der Waals surface area contributed by atoms with Gasteiger partial charge in [0.15, 0.2) is 5.13 Å². The van der Waals surface area contributed by atoms with Gasteiger partial charge in [-0.15, -0.1) is 22.7 Å². The van der Waals surface area contributed by atoms with Crippen molar-refractivity contribution in [3.05, 3.63) is 51.5 Å². The molecule has 3 aromatic rings. The van der Waals surface area contributed by atoms with Gasteiger partial charge in [-0.2, -0.15) is 0 Å². The Kier molecular flexibility index (Phi) is 6.15. The maximum atomic E-state index is 13.0. The summed E-state index contributed by atoms with van der Waals surface area (Å²) in [6, 6.07) is 10.9. The fourth-order valence-electron chi connectivity index (χ4n) is 3.64. The number of hydrogen-bond donors (Lipinski definition) is 1. The monoisotopic (exact) mass is 441 g/mol.